The highest BCUT2D eigenvalue weighted by Crippen LogP contribution is 2.35. The number of methoxy groups -OCH3 is 1. The van der Waals surface area contributed by atoms with E-state index < -0.39 is 0 Å². The Hall–Kier alpha value is -1.40. The maximum absolute atomic E-state index is 5.83. The predicted molar refractivity (Wildman–Crippen MR) is 80.8 cm³/mol. The molecular weight excluding hydrogens is 268 g/mol. The number of ether oxygens (including phenoxy) is 2. The second-order valence-corrected chi connectivity index (χ2v) is 6.20. The lowest BCUT2D eigenvalue weighted by molar-refractivity contribution is 0.0503. The van der Waals surface area contributed by atoms with E-state index in [4.69, 9.17) is 9.47 Å². The number of hydrogen-bond donors (Lipinski definition) is 0. The van der Waals surface area contributed by atoms with Crippen molar-refractivity contribution in [1.29, 1.82) is 0 Å². The van der Waals surface area contributed by atoms with Crippen LogP contribution in [-0.4, -0.2) is 68.4 Å². The second-order valence-electron chi connectivity index (χ2n) is 6.20. The molecule has 0 radical (unpaired) electrons. The lowest BCUT2D eigenvalue weighted by Gasteiger charge is -2.42. The van der Waals surface area contributed by atoms with Gasteiger partial charge in [-0.25, -0.2) is 9.97 Å². The van der Waals surface area contributed by atoms with E-state index in [1.807, 2.05) is 6.07 Å². The Morgan fingerprint density at radius 3 is 2.81 bits per heavy atom. The van der Waals surface area contributed by atoms with Gasteiger partial charge in [-0.2, -0.15) is 0 Å². The zero-order valence-corrected chi connectivity index (χ0v) is 12.9. The van der Waals surface area contributed by atoms with Gasteiger partial charge in [0.15, 0.2) is 0 Å². The number of rotatable bonds is 2. The number of nitrogens with zero attached hydrogens (tertiary/aromatic N) is 4. The van der Waals surface area contributed by atoms with Gasteiger partial charge in [-0.3, -0.25) is 0 Å². The quantitative estimate of drug-likeness (QED) is 0.811. The summed E-state index contributed by atoms with van der Waals surface area (Å²) in [5.74, 6) is 1.58. The Kier molecular flexibility index (Phi) is 4.26. The molecule has 21 heavy (non-hydrogen) atoms. The van der Waals surface area contributed by atoms with Crippen LogP contribution in [-0.2, 0) is 4.74 Å². The van der Waals surface area contributed by atoms with Crippen LogP contribution in [0.3, 0.4) is 0 Å². The first kappa shape index (κ1) is 14.5. The van der Waals surface area contributed by atoms with Crippen LogP contribution in [0.4, 0.5) is 5.82 Å². The Morgan fingerprint density at radius 1 is 1.24 bits per heavy atom. The summed E-state index contributed by atoms with van der Waals surface area (Å²) in [4.78, 5) is 13.2. The highest BCUT2D eigenvalue weighted by atomic mass is 16.5. The van der Waals surface area contributed by atoms with Crippen molar-refractivity contribution in [3.63, 3.8) is 0 Å². The first-order valence-electron chi connectivity index (χ1n) is 7.58. The fourth-order valence-electron chi connectivity index (χ4n) is 3.33. The van der Waals surface area contributed by atoms with E-state index in [0.29, 0.717) is 11.3 Å². The van der Waals surface area contributed by atoms with Crippen molar-refractivity contribution >= 4 is 5.82 Å². The van der Waals surface area contributed by atoms with Crippen molar-refractivity contribution in [3.05, 3.63) is 12.4 Å². The number of anilines is 1. The van der Waals surface area contributed by atoms with Crippen LogP contribution in [0.25, 0.3) is 0 Å². The van der Waals surface area contributed by atoms with E-state index >= 15 is 0 Å². The molecule has 0 amide bonds. The van der Waals surface area contributed by atoms with Crippen molar-refractivity contribution < 1.29 is 9.47 Å². The van der Waals surface area contributed by atoms with Crippen LogP contribution >= 0.6 is 0 Å². The lowest BCUT2D eigenvalue weighted by Crippen LogP contribution is -2.46. The molecule has 0 saturated carbocycles. The maximum Gasteiger partial charge on any atom is 0.218 e. The minimum Gasteiger partial charge on any atom is -0.481 e. The Bertz CT molecular complexity index is 474. The monoisotopic (exact) mass is 292 g/mol. The summed E-state index contributed by atoms with van der Waals surface area (Å²) in [7, 11) is 3.83. The highest BCUT2D eigenvalue weighted by molar-refractivity contribution is 5.41. The molecule has 2 saturated heterocycles. The molecule has 2 aliphatic heterocycles. The van der Waals surface area contributed by atoms with E-state index in [2.05, 4.69) is 26.8 Å². The van der Waals surface area contributed by atoms with Crippen LogP contribution in [0.15, 0.2) is 12.4 Å². The van der Waals surface area contributed by atoms with Gasteiger partial charge in [-0.1, -0.05) is 0 Å². The van der Waals surface area contributed by atoms with Crippen LogP contribution in [0.5, 0.6) is 5.88 Å². The minimum atomic E-state index is 0.304. The number of hydrogen-bond acceptors (Lipinski definition) is 6. The molecule has 2 aliphatic rings. The summed E-state index contributed by atoms with van der Waals surface area (Å²) in [5, 5.41) is 0. The van der Waals surface area contributed by atoms with Gasteiger partial charge in [0.05, 0.1) is 20.3 Å². The zero-order chi connectivity index (χ0) is 14.7. The SMILES string of the molecule is COc1cc(N2CCC3(CC2)COCCN(C)C3)ncn1. The van der Waals surface area contributed by atoms with Crippen molar-refractivity contribution in [2.75, 3.05) is 58.5 Å². The van der Waals surface area contributed by atoms with Gasteiger partial charge in [0.1, 0.15) is 12.1 Å². The predicted octanol–water partition coefficient (Wildman–Crippen LogP) is 1.03. The van der Waals surface area contributed by atoms with Crippen molar-refractivity contribution in [1.82, 2.24) is 14.9 Å². The lowest BCUT2D eigenvalue weighted by atomic mass is 9.78. The highest BCUT2D eigenvalue weighted by Gasteiger charge is 2.37. The van der Waals surface area contributed by atoms with Gasteiger partial charge < -0.3 is 19.3 Å². The molecule has 0 atom stereocenters. The van der Waals surface area contributed by atoms with Gasteiger partial charge in [0.25, 0.3) is 0 Å². The third-order valence-corrected chi connectivity index (χ3v) is 4.62. The molecule has 0 unspecified atom stereocenters. The third kappa shape index (κ3) is 3.27. The molecular formula is C15H24N4O2. The fourth-order valence-corrected chi connectivity index (χ4v) is 3.33. The van der Waals surface area contributed by atoms with Gasteiger partial charge >= 0.3 is 0 Å². The first-order chi connectivity index (χ1) is 10.2. The van der Waals surface area contributed by atoms with E-state index in [9.17, 15) is 0 Å². The zero-order valence-electron chi connectivity index (χ0n) is 12.9. The molecule has 6 heteroatoms. The summed E-state index contributed by atoms with van der Waals surface area (Å²) in [6.45, 7) is 5.93. The standard InChI is InChI=1S/C15H24N4O2/c1-18-7-8-21-11-15(10-18)3-5-19(6-4-15)13-9-14(20-2)17-12-16-13/h9,12H,3-8,10-11H2,1-2H3. The molecule has 0 aliphatic carbocycles. The van der Waals surface area contributed by atoms with Gasteiger partial charge in [-0.15, -0.1) is 0 Å². The smallest absolute Gasteiger partial charge is 0.218 e. The maximum atomic E-state index is 5.83. The summed E-state index contributed by atoms with van der Waals surface area (Å²) < 4.78 is 11.0. The van der Waals surface area contributed by atoms with Crippen molar-refractivity contribution in [2.45, 2.75) is 12.8 Å². The molecule has 3 rings (SSSR count). The molecule has 1 spiro atoms. The molecule has 2 fully saturated rings. The van der Waals surface area contributed by atoms with Gasteiger partial charge in [0.2, 0.25) is 5.88 Å². The Balaban J connectivity index is 1.66. The van der Waals surface area contributed by atoms with E-state index in [0.717, 1.165) is 58.1 Å². The third-order valence-electron chi connectivity index (χ3n) is 4.62. The summed E-state index contributed by atoms with van der Waals surface area (Å²) in [6, 6.07) is 1.91. The summed E-state index contributed by atoms with van der Waals surface area (Å²) in [5.41, 5.74) is 0.304. The normalized spacial score (nSPS) is 23.0. The van der Waals surface area contributed by atoms with E-state index in [-0.39, 0.29) is 0 Å². The van der Waals surface area contributed by atoms with Crippen LogP contribution in [0.1, 0.15) is 12.8 Å². The molecule has 0 bridgehead atoms. The van der Waals surface area contributed by atoms with E-state index in [1.165, 1.54) is 0 Å². The number of aromatic nitrogens is 2. The molecule has 1 aromatic heterocycles. The largest absolute Gasteiger partial charge is 0.481 e. The molecule has 1 aromatic rings. The van der Waals surface area contributed by atoms with Crippen molar-refractivity contribution in [3.8, 4) is 5.88 Å². The number of piperidine rings is 1. The average Bonchev–Trinajstić information content (AvgIpc) is 2.70. The second kappa shape index (κ2) is 6.15. The topological polar surface area (TPSA) is 50.7 Å². The molecule has 6 nitrogen and oxygen atoms in total. The number of likely N-dealkylation sites (N-methyl/N-ethyl adjacent to an activating group) is 1. The Labute approximate surface area is 126 Å². The average molecular weight is 292 g/mol. The van der Waals surface area contributed by atoms with E-state index in [1.54, 1.807) is 13.4 Å². The van der Waals surface area contributed by atoms with Crippen LogP contribution in [0, 0.1) is 5.41 Å². The van der Waals surface area contributed by atoms with Crippen LogP contribution in [0.2, 0.25) is 0 Å². The van der Waals surface area contributed by atoms with Gasteiger partial charge in [0, 0.05) is 37.7 Å². The molecule has 3 heterocycles. The Morgan fingerprint density at radius 2 is 2.05 bits per heavy atom. The fraction of sp³-hybridized carbons (Fsp3) is 0.733. The van der Waals surface area contributed by atoms with Gasteiger partial charge in [-0.05, 0) is 19.9 Å². The molecule has 0 aromatic carbocycles. The molecule has 0 N–H and O–H groups in total. The van der Waals surface area contributed by atoms with Crippen molar-refractivity contribution in [2.24, 2.45) is 5.41 Å². The summed E-state index contributed by atoms with van der Waals surface area (Å²) >= 11 is 0. The van der Waals surface area contributed by atoms with Crippen LogP contribution < -0.4 is 9.64 Å². The minimum absolute atomic E-state index is 0.304. The summed E-state index contributed by atoms with van der Waals surface area (Å²) in [6.07, 6.45) is 3.86. The molecule has 116 valence electrons. The first-order valence-corrected chi connectivity index (χ1v) is 7.58.